The molecule has 7 heteroatoms. The van der Waals surface area contributed by atoms with Crippen molar-refractivity contribution < 1.29 is 17.7 Å². The molecule has 0 fully saturated rings. The minimum Gasteiger partial charge on any atom is -0.338 e. The summed E-state index contributed by atoms with van der Waals surface area (Å²) in [5.74, 6) is 0.725. The highest BCUT2D eigenvalue weighted by Gasteiger charge is 2.30. The van der Waals surface area contributed by atoms with Crippen molar-refractivity contribution in [2.75, 3.05) is 13.6 Å². The molecular weight excluding hydrogens is 355 g/mol. The zero-order valence-electron chi connectivity index (χ0n) is 14.9. The topological polar surface area (TPSA) is 42.2 Å². The molecule has 1 aromatic heterocycles. The number of rotatable bonds is 7. The summed E-state index contributed by atoms with van der Waals surface area (Å²) >= 11 is 0. The molecule has 3 rings (SSSR count). The van der Waals surface area contributed by atoms with Crippen molar-refractivity contribution in [1.82, 2.24) is 15.0 Å². The average molecular weight is 375 g/mol. The number of hydrogen-bond acceptors (Lipinski definition) is 4. The van der Waals surface area contributed by atoms with Gasteiger partial charge in [0, 0.05) is 5.56 Å². The van der Waals surface area contributed by atoms with Gasteiger partial charge in [-0.3, -0.25) is 4.90 Å². The van der Waals surface area contributed by atoms with Crippen LogP contribution in [0.1, 0.15) is 23.4 Å². The molecular formula is C20H20F3N3O. The molecule has 0 radical (unpaired) electrons. The number of aryl methyl sites for hydroxylation is 1. The number of alkyl halides is 3. The molecule has 27 heavy (non-hydrogen) atoms. The van der Waals surface area contributed by atoms with Gasteiger partial charge in [-0.25, -0.2) is 0 Å². The van der Waals surface area contributed by atoms with E-state index in [9.17, 15) is 13.2 Å². The fourth-order valence-electron chi connectivity index (χ4n) is 2.75. The minimum absolute atomic E-state index is 0.288. The molecule has 1 heterocycles. The van der Waals surface area contributed by atoms with Gasteiger partial charge in [-0.15, -0.1) is 0 Å². The summed E-state index contributed by atoms with van der Waals surface area (Å²) in [5, 5.41) is 3.87. The van der Waals surface area contributed by atoms with Gasteiger partial charge in [0.15, 0.2) is 0 Å². The Morgan fingerprint density at radius 2 is 1.70 bits per heavy atom. The molecule has 0 saturated heterocycles. The highest BCUT2D eigenvalue weighted by Crippen LogP contribution is 2.30. The van der Waals surface area contributed by atoms with E-state index < -0.39 is 11.7 Å². The Kier molecular flexibility index (Phi) is 5.91. The molecule has 0 bridgehead atoms. The maximum Gasteiger partial charge on any atom is 0.416 e. The van der Waals surface area contributed by atoms with Crippen LogP contribution in [-0.4, -0.2) is 28.6 Å². The van der Waals surface area contributed by atoms with Crippen LogP contribution in [-0.2, 0) is 19.1 Å². The Balaban J connectivity index is 1.52. The van der Waals surface area contributed by atoms with Gasteiger partial charge in [0.1, 0.15) is 0 Å². The minimum atomic E-state index is -4.36. The van der Waals surface area contributed by atoms with Crippen LogP contribution in [0.4, 0.5) is 13.2 Å². The highest BCUT2D eigenvalue weighted by molar-refractivity contribution is 5.54. The van der Waals surface area contributed by atoms with Crippen molar-refractivity contribution in [3.8, 4) is 11.4 Å². The standard InChI is InChI=1S/C20H20F3N3O/c1-26(13-5-8-15-6-3-2-4-7-15)14-18-24-19(25-27-18)16-9-11-17(12-10-16)20(21,22)23/h2-4,6-7,9-12H,5,8,13-14H2,1H3. The summed E-state index contributed by atoms with van der Waals surface area (Å²) in [6.07, 6.45) is -2.37. The normalized spacial score (nSPS) is 11.9. The van der Waals surface area contributed by atoms with Gasteiger partial charge < -0.3 is 4.52 Å². The van der Waals surface area contributed by atoms with Crippen LogP contribution in [0, 0.1) is 0 Å². The van der Waals surface area contributed by atoms with Gasteiger partial charge in [-0.05, 0) is 44.1 Å². The lowest BCUT2D eigenvalue weighted by atomic mass is 10.1. The Bertz CT molecular complexity index is 845. The van der Waals surface area contributed by atoms with Crippen molar-refractivity contribution >= 4 is 0 Å². The third kappa shape index (κ3) is 5.40. The molecule has 0 aliphatic heterocycles. The third-order valence-corrected chi connectivity index (χ3v) is 4.19. The first-order valence-electron chi connectivity index (χ1n) is 8.64. The fourth-order valence-corrected chi connectivity index (χ4v) is 2.75. The monoisotopic (exact) mass is 375 g/mol. The molecule has 0 spiro atoms. The summed E-state index contributed by atoms with van der Waals surface area (Å²) in [6.45, 7) is 1.36. The maximum atomic E-state index is 12.6. The number of benzene rings is 2. The quantitative estimate of drug-likeness (QED) is 0.594. The van der Waals surface area contributed by atoms with Crippen molar-refractivity contribution in [3.63, 3.8) is 0 Å². The SMILES string of the molecule is CN(CCCc1ccccc1)Cc1nc(-c2ccc(C(F)(F)F)cc2)no1. The van der Waals surface area contributed by atoms with E-state index in [1.54, 1.807) is 0 Å². The lowest BCUT2D eigenvalue weighted by Crippen LogP contribution is -2.19. The van der Waals surface area contributed by atoms with E-state index in [1.807, 2.05) is 25.2 Å². The van der Waals surface area contributed by atoms with E-state index in [4.69, 9.17) is 4.52 Å². The van der Waals surface area contributed by atoms with Gasteiger partial charge in [0.25, 0.3) is 0 Å². The molecule has 0 amide bonds. The van der Waals surface area contributed by atoms with Crippen LogP contribution in [0.3, 0.4) is 0 Å². The number of nitrogens with zero attached hydrogens (tertiary/aromatic N) is 3. The average Bonchev–Trinajstić information content (AvgIpc) is 3.10. The second-order valence-electron chi connectivity index (χ2n) is 6.41. The Morgan fingerprint density at radius 3 is 2.37 bits per heavy atom. The van der Waals surface area contributed by atoms with E-state index >= 15 is 0 Å². The molecule has 3 aromatic rings. The predicted molar refractivity (Wildman–Crippen MR) is 95.8 cm³/mol. The first-order valence-corrected chi connectivity index (χ1v) is 8.64. The van der Waals surface area contributed by atoms with Crippen LogP contribution in [0.5, 0.6) is 0 Å². The molecule has 2 aromatic carbocycles. The van der Waals surface area contributed by atoms with Crippen LogP contribution in [0.15, 0.2) is 59.1 Å². The summed E-state index contributed by atoms with van der Waals surface area (Å²) in [4.78, 5) is 6.35. The largest absolute Gasteiger partial charge is 0.416 e. The van der Waals surface area contributed by atoms with E-state index in [2.05, 4.69) is 27.2 Å². The van der Waals surface area contributed by atoms with Crippen LogP contribution in [0.2, 0.25) is 0 Å². The third-order valence-electron chi connectivity index (χ3n) is 4.19. The van der Waals surface area contributed by atoms with Crippen molar-refractivity contribution in [3.05, 3.63) is 71.6 Å². The van der Waals surface area contributed by atoms with Crippen molar-refractivity contribution in [2.45, 2.75) is 25.6 Å². The molecule has 0 atom stereocenters. The van der Waals surface area contributed by atoms with Gasteiger partial charge in [-0.2, -0.15) is 18.2 Å². The van der Waals surface area contributed by atoms with Gasteiger partial charge >= 0.3 is 6.18 Å². The summed E-state index contributed by atoms with van der Waals surface area (Å²) in [6, 6.07) is 15.0. The number of hydrogen-bond donors (Lipinski definition) is 0. The predicted octanol–water partition coefficient (Wildman–Crippen LogP) is 4.82. The Hall–Kier alpha value is -2.67. The van der Waals surface area contributed by atoms with E-state index in [-0.39, 0.29) is 5.82 Å². The van der Waals surface area contributed by atoms with Gasteiger partial charge in [0.05, 0.1) is 12.1 Å². The van der Waals surface area contributed by atoms with Crippen LogP contribution >= 0.6 is 0 Å². The highest BCUT2D eigenvalue weighted by atomic mass is 19.4. The summed E-state index contributed by atoms with van der Waals surface area (Å²) in [7, 11) is 1.97. The molecule has 0 saturated carbocycles. The second-order valence-corrected chi connectivity index (χ2v) is 6.41. The Labute approximate surface area is 155 Å². The molecule has 0 unspecified atom stereocenters. The summed E-state index contributed by atoms with van der Waals surface area (Å²) in [5.41, 5.74) is 1.09. The van der Waals surface area contributed by atoms with Crippen LogP contribution in [0.25, 0.3) is 11.4 Å². The molecule has 0 aliphatic rings. The molecule has 0 aliphatic carbocycles. The maximum absolute atomic E-state index is 12.6. The molecule has 0 N–H and O–H groups in total. The summed E-state index contributed by atoms with van der Waals surface area (Å²) < 4.78 is 43.1. The van der Waals surface area contributed by atoms with Crippen molar-refractivity contribution in [2.24, 2.45) is 0 Å². The Morgan fingerprint density at radius 1 is 1.00 bits per heavy atom. The van der Waals surface area contributed by atoms with Gasteiger partial charge in [0.2, 0.25) is 11.7 Å². The molecule has 142 valence electrons. The fraction of sp³-hybridized carbons (Fsp3) is 0.300. The smallest absolute Gasteiger partial charge is 0.338 e. The molecule has 4 nitrogen and oxygen atoms in total. The number of halogens is 3. The zero-order valence-corrected chi connectivity index (χ0v) is 14.9. The zero-order chi connectivity index (χ0) is 19.3. The van der Waals surface area contributed by atoms with E-state index in [1.165, 1.54) is 17.7 Å². The second kappa shape index (κ2) is 8.35. The lowest BCUT2D eigenvalue weighted by molar-refractivity contribution is -0.137. The first kappa shape index (κ1) is 19.1. The first-order chi connectivity index (χ1) is 12.9. The lowest BCUT2D eigenvalue weighted by Gasteiger charge is -2.13. The van der Waals surface area contributed by atoms with Gasteiger partial charge in [-0.1, -0.05) is 47.6 Å². The number of aromatic nitrogens is 2. The van der Waals surface area contributed by atoms with E-state index in [0.717, 1.165) is 31.5 Å². The van der Waals surface area contributed by atoms with Crippen molar-refractivity contribution in [1.29, 1.82) is 0 Å². The van der Waals surface area contributed by atoms with Crippen LogP contribution < -0.4 is 0 Å². The van der Waals surface area contributed by atoms with E-state index in [0.29, 0.717) is 18.0 Å².